The van der Waals surface area contributed by atoms with E-state index in [4.69, 9.17) is 39.0 Å². The maximum atomic E-state index is 10.6. The van der Waals surface area contributed by atoms with Crippen molar-refractivity contribution >= 4 is 75.6 Å². The van der Waals surface area contributed by atoms with Crippen LogP contribution in [0.25, 0.3) is 0 Å². The van der Waals surface area contributed by atoms with Crippen LogP contribution in [0.1, 0.15) is 0 Å². The largest absolute Gasteiger partial charge is 0.270 e. The van der Waals surface area contributed by atoms with E-state index in [2.05, 4.69) is 0 Å². The van der Waals surface area contributed by atoms with Gasteiger partial charge < -0.3 is 0 Å². The van der Waals surface area contributed by atoms with E-state index in [9.17, 15) is 16.8 Å². The Morgan fingerprint density at radius 3 is 1.40 bits per heavy atom. The van der Waals surface area contributed by atoms with Crippen LogP contribution in [-0.4, -0.2) is 16.8 Å². The molecular formula is C8H6Cl3NO4S4. The van der Waals surface area contributed by atoms with Gasteiger partial charge in [-0.25, -0.2) is 22.0 Å². The average molecular weight is 415 g/mol. The number of sulfonamides is 1. The van der Waals surface area contributed by atoms with Crippen LogP contribution in [0.3, 0.4) is 0 Å². The normalized spacial score (nSPS) is 11.8. The van der Waals surface area contributed by atoms with E-state index in [1.165, 1.54) is 24.3 Å². The van der Waals surface area contributed by atoms with Crippen molar-refractivity contribution < 1.29 is 16.8 Å². The average Bonchev–Trinajstić information content (AvgIpc) is 2.85. The van der Waals surface area contributed by atoms with Crippen molar-refractivity contribution in [3.63, 3.8) is 0 Å². The molecule has 2 aromatic rings. The lowest BCUT2D eigenvalue weighted by atomic mass is 10.7. The fourth-order valence-corrected chi connectivity index (χ4v) is 5.03. The van der Waals surface area contributed by atoms with Gasteiger partial charge in [0, 0.05) is 10.7 Å². The van der Waals surface area contributed by atoms with Crippen molar-refractivity contribution in [2.45, 2.75) is 8.42 Å². The molecule has 2 N–H and O–H groups in total. The van der Waals surface area contributed by atoms with E-state index in [0.29, 0.717) is 8.67 Å². The fraction of sp³-hybridized carbons (Fsp3) is 0. The lowest BCUT2D eigenvalue weighted by Crippen LogP contribution is -2.09. The van der Waals surface area contributed by atoms with Gasteiger partial charge in [-0.15, -0.1) is 22.7 Å². The molecule has 0 radical (unpaired) electrons. The number of hydrogen-bond donors (Lipinski definition) is 1. The summed E-state index contributed by atoms with van der Waals surface area (Å²) in [4.78, 5) is 0. The van der Waals surface area contributed by atoms with Gasteiger partial charge in [-0.2, -0.15) is 0 Å². The smallest absolute Gasteiger partial charge is 0.224 e. The van der Waals surface area contributed by atoms with Crippen LogP contribution in [0.4, 0.5) is 0 Å². The van der Waals surface area contributed by atoms with E-state index >= 15 is 0 Å². The molecule has 0 aliphatic heterocycles. The Kier molecular flexibility index (Phi) is 6.30. The molecule has 0 fully saturated rings. The number of primary sulfonamides is 1. The van der Waals surface area contributed by atoms with Gasteiger partial charge in [-0.3, -0.25) is 0 Å². The van der Waals surface area contributed by atoms with Crippen LogP contribution >= 0.6 is 56.6 Å². The van der Waals surface area contributed by atoms with Crippen molar-refractivity contribution in [1.82, 2.24) is 0 Å². The van der Waals surface area contributed by atoms with Gasteiger partial charge in [-0.1, -0.05) is 23.2 Å². The van der Waals surface area contributed by atoms with Crippen LogP contribution in [0.15, 0.2) is 32.7 Å². The van der Waals surface area contributed by atoms with Crippen LogP contribution in [-0.2, 0) is 19.1 Å². The highest BCUT2D eigenvalue weighted by Gasteiger charge is 2.11. The molecule has 0 spiro atoms. The molecule has 20 heavy (non-hydrogen) atoms. The summed E-state index contributed by atoms with van der Waals surface area (Å²) in [6.07, 6.45) is 0. The van der Waals surface area contributed by atoms with Gasteiger partial charge in [0.25, 0.3) is 9.05 Å². The minimum absolute atomic E-state index is 0.0826. The number of hydrogen-bond acceptors (Lipinski definition) is 6. The molecule has 2 aromatic heterocycles. The monoisotopic (exact) mass is 413 g/mol. The number of rotatable bonds is 2. The molecule has 0 aliphatic rings. The summed E-state index contributed by atoms with van der Waals surface area (Å²) in [5.74, 6) is 0. The second-order valence-corrected chi connectivity index (χ2v) is 11.1. The first-order chi connectivity index (χ1) is 9.00. The van der Waals surface area contributed by atoms with Crippen LogP contribution < -0.4 is 5.14 Å². The first-order valence-corrected chi connectivity index (χ1v) is 10.7. The summed E-state index contributed by atoms with van der Waals surface area (Å²) in [6.45, 7) is 0. The Bertz CT molecular complexity index is 725. The molecule has 0 saturated carbocycles. The van der Waals surface area contributed by atoms with Crippen molar-refractivity contribution in [1.29, 1.82) is 0 Å². The molecule has 2 rings (SSSR count). The third-order valence-electron chi connectivity index (χ3n) is 1.62. The maximum absolute atomic E-state index is 10.6. The predicted octanol–water partition coefficient (Wildman–Crippen LogP) is 3.38. The molecule has 0 aliphatic carbocycles. The Hall–Kier alpha value is 0.130. The molecule has 0 bridgehead atoms. The third-order valence-corrected chi connectivity index (χ3v) is 7.61. The van der Waals surface area contributed by atoms with Crippen molar-refractivity contribution in [2.75, 3.05) is 0 Å². The summed E-state index contributed by atoms with van der Waals surface area (Å²) in [7, 11) is -2.13. The minimum atomic E-state index is -3.58. The Morgan fingerprint density at radius 1 is 0.850 bits per heavy atom. The second-order valence-electron chi connectivity index (χ2n) is 3.10. The molecule has 0 aromatic carbocycles. The van der Waals surface area contributed by atoms with Gasteiger partial charge in [0.1, 0.15) is 8.42 Å². The topological polar surface area (TPSA) is 94.3 Å². The molecule has 0 unspecified atom stereocenters. The quantitative estimate of drug-likeness (QED) is 0.762. The zero-order valence-electron chi connectivity index (χ0n) is 9.29. The number of halogens is 3. The summed E-state index contributed by atoms with van der Waals surface area (Å²) < 4.78 is 43.3. The number of nitrogens with two attached hydrogens (primary N) is 1. The number of thiophene rings is 2. The van der Waals surface area contributed by atoms with Crippen molar-refractivity contribution in [3.8, 4) is 0 Å². The molecule has 2 heterocycles. The van der Waals surface area contributed by atoms with E-state index < -0.39 is 19.1 Å². The van der Waals surface area contributed by atoms with E-state index in [-0.39, 0.29) is 8.42 Å². The molecule has 0 atom stereocenters. The summed E-state index contributed by atoms with van der Waals surface area (Å²) >= 11 is 12.8. The Labute approximate surface area is 138 Å². The van der Waals surface area contributed by atoms with Crippen molar-refractivity contribution in [2.24, 2.45) is 5.14 Å². The van der Waals surface area contributed by atoms with E-state index in [0.717, 1.165) is 22.7 Å². The highest BCUT2D eigenvalue weighted by atomic mass is 35.7. The first kappa shape index (κ1) is 18.2. The summed E-state index contributed by atoms with van der Waals surface area (Å²) in [5, 5.41) is 4.79. The van der Waals surface area contributed by atoms with Crippen LogP contribution in [0.2, 0.25) is 8.67 Å². The van der Waals surface area contributed by atoms with E-state index in [1.54, 1.807) is 0 Å². The Morgan fingerprint density at radius 2 is 1.25 bits per heavy atom. The molecule has 0 amide bonds. The molecular weight excluding hydrogens is 409 g/mol. The zero-order chi connectivity index (χ0) is 15.6. The molecule has 112 valence electrons. The van der Waals surface area contributed by atoms with Gasteiger partial charge in [-0.05, 0) is 24.3 Å². The highest BCUT2D eigenvalue weighted by Crippen LogP contribution is 2.27. The molecule has 5 nitrogen and oxygen atoms in total. The Balaban J connectivity index is 0.000000200. The lowest BCUT2D eigenvalue weighted by molar-refractivity contribution is 0.599. The molecule has 12 heteroatoms. The zero-order valence-corrected chi connectivity index (χ0v) is 14.8. The van der Waals surface area contributed by atoms with E-state index in [1.807, 2.05) is 0 Å². The fourth-order valence-electron chi connectivity index (χ4n) is 0.879. The standard InChI is InChI=1S/C4H2Cl2O2S2.C4H4ClNO2S2/c2*5-3-1-2-4(9-3)10(6,7)8/h1-2H;1-2H,(H2,6,7,8). The van der Waals surface area contributed by atoms with Crippen LogP contribution in [0, 0.1) is 0 Å². The summed E-state index contributed by atoms with van der Waals surface area (Å²) in [6, 6.07) is 5.73. The first-order valence-electron chi connectivity index (χ1n) is 4.48. The third kappa shape index (κ3) is 5.86. The molecule has 0 saturated heterocycles. The SMILES string of the molecule is NS(=O)(=O)c1ccc(Cl)s1.O=S(=O)(Cl)c1ccc(Cl)s1. The maximum Gasteiger partial charge on any atom is 0.270 e. The van der Waals surface area contributed by atoms with Gasteiger partial charge in [0.2, 0.25) is 10.0 Å². The second kappa shape index (κ2) is 6.93. The van der Waals surface area contributed by atoms with Gasteiger partial charge >= 0.3 is 0 Å². The van der Waals surface area contributed by atoms with Crippen LogP contribution in [0.5, 0.6) is 0 Å². The summed E-state index contributed by atoms with van der Waals surface area (Å²) in [5.41, 5.74) is 0. The minimum Gasteiger partial charge on any atom is -0.224 e. The lowest BCUT2D eigenvalue weighted by Gasteiger charge is -1.86. The predicted molar refractivity (Wildman–Crippen MR) is 83.1 cm³/mol. The van der Waals surface area contributed by atoms with Crippen molar-refractivity contribution in [3.05, 3.63) is 32.9 Å². The van der Waals surface area contributed by atoms with Gasteiger partial charge in [0.15, 0.2) is 0 Å². The van der Waals surface area contributed by atoms with Gasteiger partial charge in [0.05, 0.1) is 8.67 Å². The highest BCUT2D eigenvalue weighted by molar-refractivity contribution is 8.15.